The maximum absolute atomic E-state index is 10.7. The van der Waals surface area contributed by atoms with Crippen LogP contribution in [-0.4, -0.2) is 33.6 Å². The minimum absolute atomic E-state index is 0.00407. The summed E-state index contributed by atoms with van der Waals surface area (Å²) < 4.78 is 0. The predicted molar refractivity (Wildman–Crippen MR) is 70.4 cm³/mol. The number of pyridine rings is 1. The zero-order chi connectivity index (χ0) is 14.6. The van der Waals surface area contributed by atoms with Gasteiger partial charge in [0.15, 0.2) is 0 Å². The molecule has 0 amide bonds. The molecule has 1 aromatic rings. The van der Waals surface area contributed by atoms with Gasteiger partial charge in [0.1, 0.15) is 11.5 Å². The first kappa shape index (κ1) is 14.9. The van der Waals surface area contributed by atoms with Crippen molar-refractivity contribution >= 4 is 17.5 Å². The van der Waals surface area contributed by atoms with Gasteiger partial charge in [0.2, 0.25) is 0 Å². The number of nitro groups is 1. The molecule has 0 saturated carbocycles. The lowest BCUT2D eigenvalue weighted by Gasteiger charge is -2.27. The Morgan fingerprint density at radius 1 is 1.53 bits per heavy atom. The summed E-state index contributed by atoms with van der Waals surface area (Å²) in [6.45, 7) is 5.72. The van der Waals surface area contributed by atoms with Crippen molar-refractivity contribution in [3.8, 4) is 0 Å². The fraction of sp³-hybridized carbons (Fsp3) is 0.500. The summed E-state index contributed by atoms with van der Waals surface area (Å²) in [5.74, 6) is -0.330. The third kappa shape index (κ3) is 3.90. The first-order valence-electron chi connectivity index (χ1n) is 5.93. The Kier molecular flexibility index (Phi) is 4.80. The number of carbonyl (C=O) groups is 1. The summed E-state index contributed by atoms with van der Waals surface area (Å²) in [7, 11) is 0. The number of aryl methyl sites for hydroxylation is 1. The molecule has 1 aromatic heterocycles. The lowest BCUT2D eigenvalue weighted by atomic mass is 10.2. The molecule has 7 heteroatoms. The number of hydrogen-bond donors (Lipinski definition) is 1. The number of rotatable bonds is 6. The number of anilines is 1. The molecule has 0 radical (unpaired) electrons. The molecule has 0 atom stereocenters. The Bertz CT molecular complexity index is 488. The summed E-state index contributed by atoms with van der Waals surface area (Å²) in [6.07, 6.45) is -0.00407. The SMILES string of the molecule is Cc1nc(N(CCC(=O)O)C(C)C)ccc1[N+](=O)[O-]. The zero-order valence-electron chi connectivity index (χ0n) is 11.2. The van der Waals surface area contributed by atoms with Crippen molar-refractivity contribution in [2.45, 2.75) is 33.2 Å². The highest BCUT2D eigenvalue weighted by Gasteiger charge is 2.17. The van der Waals surface area contributed by atoms with E-state index in [1.54, 1.807) is 13.0 Å². The largest absolute Gasteiger partial charge is 0.481 e. The van der Waals surface area contributed by atoms with Crippen LogP contribution in [0.25, 0.3) is 0 Å². The number of nitrogens with zero attached hydrogens (tertiary/aromatic N) is 3. The van der Waals surface area contributed by atoms with E-state index in [9.17, 15) is 14.9 Å². The van der Waals surface area contributed by atoms with Gasteiger partial charge in [-0.2, -0.15) is 0 Å². The Labute approximate surface area is 111 Å². The number of aliphatic carboxylic acids is 1. The molecule has 0 spiro atoms. The second-order valence-electron chi connectivity index (χ2n) is 4.46. The van der Waals surface area contributed by atoms with Gasteiger partial charge >= 0.3 is 5.97 Å². The van der Waals surface area contributed by atoms with Gasteiger partial charge in [-0.1, -0.05) is 0 Å². The quantitative estimate of drug-likeness (QED) is 0.625. The first-order valence-corrected chi connectivity index (χ1v) is 5.93. The van der Waals surface area contributed by atoms with Crippen LogP contribution in [0, 0.1) is 17.0 Å². The van der Waals surface area contributed by atoms with Crippen molar-refractivity contribution in [3.05, 3.63) is 27.9 Å². The average molecular weight is 267 g/mol. The van der Waals surface area contributed by atoms with Crippen LogP contribution < -0.4 is 4.90 Å². The normalized spacial score (nSPS) is 10.5. The van der Waals surface area contributed by atoms with Crippen molar-refractivity contribution in [1.29, 1.82) is 0 Å². The maximum atomic E-state index is 10.7. The van der Waals surface area contributed by atoms with Crippen LogP contribution in [0.2, 0.25) is 0 Å². The molecule has 1 heterocycles. The molecule has 0 unspecified atom stereocenters. The Balaban J connectivity index is 3.00. The minimum Gasteiger partial charge on any atom is -0.481 e. The number of aromatic nitrogens is 1. The van der Waals surface area contributed by atoms with E-state index >= 15 is 0 Å². The molecular formula is C12H17N3O4. The van der Waals surface area contributed by atoms with Crippen molar-refractivity contribution in [3.63, 3.8) is 0 Å². The van der Waals surface area contributed by atoms with Gasteiger partial charge in [0, 0.05) is 18.7 Å². The Morgan fingerprint density at radius 2 is 2.16 bits per heavy atom. The molecule has 0 bridgehead atoms. The van der Waals surface area contributed by atoms with E-state index < -0.39 is 10.9 Å². The standard InChI is InChI=1S/C12H17N3O4/c1-8(2)14(7-6-12(16)17)11-5-4-10(15(18)19)9(3)13-11/h4-5,8H,6-7H2,1-3H3,(H,16,17). The highest BCUT2D eigenvalue weighted by molar-refractivity contribution is 5.67. The van der Waals surface area contributed by atoms with Gasteiger partial charge in [-0.25, -0.2) is 4.98 Å². The van der Waals surface area contributed by atoms with E-state index in [0.29, 0.717) is 18.1 Å². The van der Waals surface area contributed by atoms with Crippen molar-refractivity contribution in [1.82, 2.24) is 4.98 Å². The first-order chi connectivity index (χ1) is 8.82. The van der Waals surface area contributed by atoms with Crippen LogP contribution in [0.1, 0.15) is 26.0 Å². The van der Waals surface area contributed by atoms with E-state index in [0.717, 1.165) is 0 Å². The molecule has 0 aliphatic heterocycles. The monoisotopic (exact) mass is 267 g/mol. The second-order valence-corrected chi connectivity index (χ2v) is 4.46. The summed E-state index contributed by atoms with van der Waals surface area (Å²) in [4.78, 5) is 26.9. The Hall–Kier alpha value is -2.18. The number of carboxylic acid groups (broad SMARTS) is 1. The third-order valence-electron chi connectivity index (χ3n) is 2.72. The molecule has 104 valence electrons. The molecule has 0 aliphatic carbocycles. The van der Waals surface area contributed by atoms with Gasteiger partial charge in [-0.15, -0.1) is 0 Å². The van der Waals surface area contributed by atoms with Crippen LogP contribution in [0.15, 0.2) is 12.1 Å². The van der Waals surface area contributed by atoms with E-state index in [1.165, 1.54) is 6.07 Å². The Morgan fingerprint density at radius 3 is 2.58 bits per heavy atom. The van der Waals surface area contributed by atoms with E-state index in [2.05, 4.69) is 4.98 Å². The maximum Gasteiger partial charge on any atom is 0.305 e. The third-order valence-corrected chi connectivity index (χ3v) is 2.72. The smallest absolute Gasteiger partial charge is 0.305 e. The lowest BCUT2D eigenvalue weighted by molar-refractivity contribution is -0.385. The zero-order valence-corrected chi connectivity index (χ0v) is 11.2. The number of hydrogen-bond acceptors (Lipinski definition) is 5. The van der Waals surface area contributed by atoms with Gasteiger partial charge < -0.3 is 10.0 Å². The highest BCUT2D eigenvalue weighted by atomic mass is 16.6. The minimum atomic E-state index is -0.885. The summed E-state index contributed by atoms with van der Waals surface area (Å²) in [5, 5.41) is 19.5. The molecule has 1 N–H and O–H groups in total. The van der Waals surface area contributed by atoms with Gasteiger partial charge in [0.05, 0.1) is 11.3 Å². The number of carboxylic acids is 1. The molecule has 0 aliphatic rings. The van der Waals surface area contributed by atoms with E-state index in [1.807, 2.05) is 18.7 Å². The topological polar surface area (TPSA) is 96.6 Å². The average Bonchev–Trinajstić information content (AvgIpc) is 2.27. The lowest BCUT2D eigenvalue weighted by Crippen LogP contribution is -2.33. The fourth-order valence-corrected chi connectivity index (χ4v) is 1.75. The predicted octanol–water partition coefficient (Wildman–Crippen LogP) is 1.99. The molecule has 0 fully saturated rings. The van der Waals surface area contributed by atoms with Crippen LogP contribution >= 0.6 is 0 Å². The summed E-state index contributed by atoms with van der Waals surface area (Å²) in [6, 6.07) is 3.01. The van der Waals surface area contributed by atoms with Crippen LogP contribution in [-0.2, 0) is 4.79 Å². The molecular weight excluding hydrogens is 250 g/mol. The summed E-state index contributed by atoms with van der Waals surface area (Å²) >= 11 is 0. The molecule has 19 heavy (non-hydrogen) atoms. The van der Waals surface area contributed by atoms with Gasteiger partial charge in [0.25, 0.3) is 5.69 Å². The molecule has 0 aromatic carbocycles. The van der Waals surface area contributed by atoms with Crippen LogP contribution in [0.3, 0.4) is 0 Å². The molecule has 1 rings (SSSR count). The van der Waals surface area contributed by atoms with E-state index in [4.69, 9.17) is 5.11 Å². The van der Waals surface area contributed by atoms with Crippen LogP contribution in [0.4, 0.5) is 11.5 Å². The van der Waals surface area contributed by atoms with E-state index in [-0.39, 0.29) is 18.2 Å². The van der Waals surface area contributed by atoms with Gasteiger partial charge in [-0.05, 0) is 26.8 Å². The van der Waals surface area contributed by atoms with Gasteiger partial charge in [-0.3, -0.25) is 14.9 Å². The fourth-order valence-electron chi connectivity index (χ4n) is 1.75. The molecule has 7 nitrogen and oxygen atoms in total. The summed E-state index contributed by atoms with van der Waals surface area (Å²) in [5.41, 5.74) is 0.286. The highest BCUT2D eigenvalue weighted by Crippen LogP contribution is 2.21. The van der Waals surface area contributed by atoms with Crippen molar-refractivity contribution < 1.29 is 14.8 Å². The molecule has 0 saturated heterocycles. The second kappa shape index (κ2) is 6.12. The van der Waals surface area contributed by atoms with Crippen molar-refractivity contribution in [2.75, 3.05) is 11.4 Å². The van der Waals surface area contributed by atoms with Crippen molar-refractivity contribution in [2.24, 2.45) is 0 Å². The van der Waals surface area contributed by atoms with Crippen LogP contribution in [0.5, 0.6) is 0 Å².